The van der Waals surface area contributed by atoms with Crippen LogP contribution in [0.1, 0.15) is 12.5 Å². The SMILES string of the molecule is COc1ccc(OC)c(CC(=O)N(C)C(C)CN)c1. The van der Waals surface area contributed by atoms with Crippen LogP contribution in [0.15, 0.2) is 18.2 Å². The number of ether oxygens (including phenoxy) is 2. The van der Waals surface area contributed by atoms with Crippen molar-refractivity contribution in [2.75, 3.05) is 27.8 Å². The molecular weight excluding hydrogens is 244 g/mol. The van der Waals surface area contributed by atoms with E-state index >= 15 is 0 Å². The molecule has 0 heterocycles. The van der Waals surface area contributed by atoms with Crippen molar-refractivity contribution in [3.05, 3.63) is 23.8 Å². The van der Waals surface area contributed by atoms with Crippen LogP contribution in [0.4, 0.5) is 0 Å². The maximum Gasteiger partial charge on any atom is 0.227 e. The summed E-state index contributed by atoms with van der Waals surface area (Å²) in [6.07, 6.45) is 0.265. The van der Waals surface area contributed by atoms with E-state index in [-0.39, 0.29) is 18.4 Å². The fraction of sp³-hybridized carbons (Fsp3) is 0.500. The van der Waals surface area contributed by atoms with Crippen molar-refractivity contribution in [2.24, 2.45) is 5.73 Å². The summed E-state index contributed by atoms with van der Waals surface area (Å²) in [5.74, 6) is 1.39. The molecule has 1 amide bonds. The highest BCUT2D eigenvalue weighted by Crippen LogP contribution is 2.24. The Morgan fingerprint density at radius 2 is 2.05 bits per heavy atom. The smallest absolute Gasteiger partial charge is 0.227 e. The van der Waals surface area contributed by atoms with Crippen LogP contribution in [0.5, 0.6) is 11.5 Å². The van der Waals surface area contributed by atoms with Gasteiger partial charge in [0, 0.05) is 25.2 Å². The molecule has 0 saturated heterocycles. The molecule has 2 N–H and O–H groups in total. The first-order valence-corrected chi connectivity index (χ1v) is 6.20. The van der Waals surface area contributed by atoms with E-state index in [9.17, 15) is 4.79 Å². The van der Waals surface area contributed by atoms with Crippen LogP contribution in [-0.4, -0.2) is 44.7 Å². The topological polar surface area (TPSA) is 64.8 Å². The second kappa shape index (κ2) is 6.99. The molecule has 1 aromatic carbocycles. The Kier molecular flexibility index (Phi) is 5.63. The summed E-state index contributed by atoms with van der Waals surface area (Å²) >= 11 is 0. The zero-order valence-electron chi connectivity index (χ0n) is 12.0. The number of rotatable bonds is 6. The highest BCUT2D eigenvalue weighted by Gasteiger charge is 2.17. The quantitative estimate of drug-likeness (QED) is 0.836. The molecule has 1 unspecified atom stereocenters. The summed E-state index contributed by atoms with van der Waals surface area (Å²) in [6, 6.07) is 5.44. The Labute approximate surface area is 114 Å². The number of amides is 1. The lowest BCUT2D eigenvalue weighted by Crippen LogP contribution is -2.40. The maximum absolute atomic E-state index is 12.2. The highest BCUT2D eigenvalue weighted by atomic mass is 16.5. The van der Waals surface area contributed by atoms with Gasteiger partial charge in [-0.25, -0.2) is 0 Å². The first-order valence-electron chi connectivity index (χ1n) is 6.20. The van der Waals surface area contributed by atoms with E-state index in [4.69, 9.17) is 15.2 Å². The monoisotopic (exact) mass is 266 g/mol. The summed E-state index contributed by atoms with van der Waals surface area (Å²) in [4.78, 5) is 13.8. The van der Waals surface area contributed by atoms with Gasteiger partial charge < -0.3 is 20.1 Å². The number of carbonyl (C=O) groups excluding carboxylic acids is 1. The summed E-state index contributed by atoms with van der Waals surface area (Å²) < 4.78 is 10.4. The van der Waals surface area contributed by atoms with Crippen LogP contribution in [0.3, 0.4) is 0 Å². The van der Waals surface area contributed by atoms with Gasteiger partial charge in [-0.3, -0.25) is 4.79 Å². The Bertz CT molecular complexity index is 435. The van der Waals surface area contributed by atoms with Crippen molar-refractivity contribution in [3.8, 4) is 11.5 Å². The minimum Gasteiger partial charge on any atom is -0.497 e. The molecule has 19 heavy (non-hydrogen) atoms. The summed E-state index contributed by atoms with van der Waals surface area (Å²) in [5, 5.41) is 0. The lowest BCUT2D eigenvalue weighted by atomic mass is 10.1. The van der Waals surface area contributed by atoms with Gasteiger partial charge in [-0.2, -0.15) is 0 Å². The molecule has 0 bridgehead atoms. The minimum absolute atomic E-state index is 0.00417. The van der Waals surface area contributed by atoms with Crippen LogP contribution >= 0.6 is 0 Å². The minimum atomic E-state index is 0.00417. The third-order valence-electron chi connectivity index (χ3n) is 3.22. The van der Waals surface area contributed by atoms with Gasteiger partial charge in [0.25, 0.3) is 0 Å². The molecule has 0 aliphatic rings. The van der Waals surface area contributed by atoms with Crippen LogP contribution < -0.4 is 15.2 Å². The fourth-order valence-electron chi connectivity index (χ4n) is 1.71. The zero-order chi connectivity index (χ0) is 14.4. The van der Waals surface area contributed by atoms with Gasteiger partial charge in [0.05, 0.1) is 20.6 Å². The lowest BCUT2D eigenvalue weighted by molar-refractivity contribution is -0.130. The number of hydrogen-bond acceptors (Lipinski definition) is 4. The lowest BCUT2D eigenvalue weighted by Gasteiger charge is -2.24. The van der Waals surface area contributed by atoms with Crippen molar-refractivity contribution >= 4 is 5.91 Å². The average molecular weight is 266 g/mol. The molecule has 0 radical (unpaired) electrons. The Morgan fingerprint density at radius 3 is 2.58 bits per heavy atom. The Balaban J connectivity index is 2.88. The normalized spacial score (nSPS) is 11.8. The van der Waals surface area contributed by atoms with E-state index in [0.29, 0.717) is 18.0 Å². The van der Waals surface area contributed by atoms with Crippen molar-refractivity contribution in [1.29, 1.82) is 0 Å². The van der Waals surface area contributed by atoms with Crippen molar-refractivity contribution in [3.63, 3.8) is 0 Å². The van der Waals surface area contributed by atoms with Gasteiger partial charge in [-0.1, -0.05) is 0 Å². The van der Waals surface area contributed by atoms with Gasteiger partial charge in [0.2, 0.25) is 5.91 Å². The molecule has 0 spiro atoms. The predicted molar refractivity (Wildman–Crippen MR) is 74.5 cm³/mol. The summed E-state index contributed by atoms with van der Waals surface area (Å²) in [7, 11) is 4.94. The van der Waals surface area contributed by atoms with Crippen molar-refractivity contribution in [2.45, 2.75) is 19.4 Å². The molecule has 0 aliphatic heterocycles. The molecule has 1 atom stereocenters. The predicted octanol–water partition coefficient (Wildman–Crippen LogP) is 1.05. The van der Waals surface area contributed by atoms with Gasteiger partial charge in [-0.15, -0.1) is 0 Å². The van der Waals surface area contributed by atoms with Crippen molar-refractivity contribution in [1.82, 2.24) is 4.90 Å². The number of methoxy groups -OCH3 is 2. The third kappa shape index (κ3) is 3.86. The third-order valence-corrected chi connectivity index (χ3v) is 3.22. The van der Waals surface area contributed by atoms with Gasteiger partial charge in [-0.05, 0) is 25.1 Å². The molecule has 1 aromatic rings. The molecule has 106 valence electrons. The largest absolute Gasteiger partial charge is 0.497 e. The van der Waals surface area contributed by atoms with Crippen LogP contribution in [-0.2, 0) is 11.2 Å². The second-order valence-corrected chi connectivity index (χ2v) is 4.44. The van der Waals surface area contributed by atoms with Crippen molar-refractivity contribution < 1.29 is 14.3 Å². The van der Waals surface area contributed by atoms with E-state index in [2.05, 4.69) is 0 Å². The molecule has 5 nitrogen and oxygen atoms in total. The fourth-order valence-corrected chi connectivity index (χ4v) is 1.71. The second-order valence-electron chi connectivity index (χ2n) is 4.44. The molecule has 5 heteroatoms. The van der Waals surface area contributed by atoms with E-state index < -0.39 is 0 Å². The maximum atomic E-state index is 12.2. The molecule has 0 aliphatic carbocycles. The Morgan fingerprint density at radius 1 is 1.37 bits per heavy atom. The van der Waals surface area contributed by atoms with E-state index in [0.717, 1.165) is 5.56 Å². The number of nitrogens with zero attached hydrogens (tertiary/aromatic N) is 1. The average Bonchev–Trinajstić information content (AvgIpc) is 2.45. The standard InChI is InChI=1S/C14H22N2O3/c1-10(9-15)16(2)14(17)8-11-7-12(18-3)5-6-13(11)19-4/h5-7,10H,8-9,15H2,1-4H3. The molecular formula is C14H22N2O3. The van der Waals surface area contributed by atoms with Crippen LogP contribution in [0, 0.1) is 0 Å². The van der Waals surface area contributed by atoms with E-state index in [1.54, 1.807) is 38.3 Å². The molecule has 1 rings (SSSR count). The van der Waals surface area contributed by atoms with Gasteiger partial charge in [0.1, 0.15) is 11.5 Å². The number of likely N-dealkylation sites (N-methyl/N-ethyl adjacent to an activating group) is 1. The molecule has 0 aromatic heterocycles. The van der Waals surface area contributed by atoms with E-state index in [1.165, 1.54) is 0 Å². The number of carbonyl (C=O) groups is 1. The number of nitrogens with two attached hydrogens (primary N) is 1. The number of benzene rings is 1. The van der Waals surface area contributed by atoms with E-state index in [1.807, 2.05) is 13.0 Å². The first kappa shape index (κ1) is 15.3. The van der Waals surface area contributed by atoms with Crippen LogP contribution in [0.2, 0.25) is 0 Å². The highest BCUT2D eigenvalue weighted by molar-refractivity contribution is 5.79. The number of hydrogen-bond donors (Lipinski definition) is 1. The zero-order valence-corrected chi connectivity index (χ0v) is 12.0. The summed E-state index contributed by atoms with van der Waals surface area (Å²) in [6.45, 7) is 2.36. The summed E-state index contributed by atoms with van der Waals surface area (Å²) in [5.41, 5.74) is 6.38. The molecule has 0 saturated carbocycles. The molecule has 0 fully saturated rings. The van der Waals surface area contributed by atoms with Gasteiger partial charge in [0.15, 0.2) is 0 Å². The van der Waals surface area contributed by atoms with Crippen LogP contribution in [0.25, 0.3) is 0 Å². The Hall–Kier alpha value is -1.75. The van der Waals surface area contributed by atoms with Gasteiger partial charge >= 0.3 is 0 Å². The first-order chi connectivity index (χ1) is 9.03.